The Kier molecular flexibility index (Phi) is 5.96. The lowest BCUT2D eigenvalue weighted by atomic mass is 9.81. The monoisotopic (exact) mass is 468 g/mol. The lowest BCUT2D eigenvalue weighted by Gasteiger charge is -2.31. The van der Waals surface area contributed by atoms with Gasteiger partial charge in [-0.25, -0.2) is 13.8 Å². The third kappa shape index (κ3) is 4.35. The van der Waals surface area contributed by atoms with Gasteiger partial charge in [0.2, 0.25) is 5.92 Å². The highest BCUT2D eigenvalue weighted by molar-refractivity contribution is 5.51. The van der Waals surface area contributed by atoms with Gasteiger partial charge >= 0.3 is 0 Å². The third-order valence-corrected chi connectivity index (χ3v) is 7.46. The highest BCUT2D eigenvalue weighted by Gasteiger charge is 2.37. The average Bonchev–Trinajstić information content (AvgIpc) is 2.82. The van der Waals surface area contributed by atoms with E-state index in [1.807, 2.05) is 32.0 Å². The third-order valence-electron chi connectivity index (χ3n) is 7.46. The van der Waals surface area contributed by atoms with E-state index in [1.165, 1.54) is 4.52 Å². The fourth-order valence-corrected chi connectivity index (χ4v) is 5.26. The molecule has 0 spiro atoms. The van der Waals surface area contributed by atoms with Crippen LogP contribution in [0.3, 0.4) is 0 Å². The first-order valence-electron chi connectivity index (χ1n) is 12.0. The van der Waals surface area contributed by atoms with Crippen molar-refractivity contribution < 1.29 is 13.5 Å². The molecule has 1 aliphatic heterocycles. The summed E-state index contributed by atoms with van der Waals surface area (Å²) in [6.07, 6.45) is 3.70. The van der Waals surface area contributed by atoms with Gasteiger partial charge in [0, 0.05) is 54.1 Å². The van der Waals surface area contributed by atoms with Crippen LogP contribution in [0.15, 0.2) is 29.2 Å². The molecule has 4 heterocycles. The van der Waals surface area contributed by atoms with E-state index in [2.05, 4.69) is 9.97 Å². The topological polar surface area (TPSA) is 69.4 Å². The predicted octanol–water partition coefficient (Wildman–Crippen LogP) is 5.34. The smallest absolute Gasteiger partial charge is 0.277 e. The summed E-state index contributed by atoms with van der Waals surface area (Å²) in [6, 6.07) is 6.03. The molecule has 8 heteroatoms. The summed E-state index contributed by atoms with van der Waals surface area (Å²) in [5, 5.41) is 4.76. The maximum atomic E-state index is 13.9. The molecule has 1 saturated carbocycles. The van der Waals surface area contributed by atoms with Crippen LogP contribution in [0, 0.1) is 20.8 Å². The minimum Gasteiger partial charge on any atom is -0.373 e. The standard InChI is InChI=1S/C26H30F2N4O2/c1-15-12-20(6-10-29-15)23-13-19(7-11-34-23)22-14-21(18-4-8-26(27,28)9-5-18)24-30-17(3)16(2)25(33)32(24)31-22/h6,10,12,14,18-19,23H,4-5,7-9,11,13H2,1-3H3/t19-,23+/m0/s1. The van der Waals surface area contributed by atoms with Gasteiger partial charge in [-0.1, -0.05) is 0 Å². The second-order valence-corrected chi connectivity index (χ2v) is 9.83. The molecule has 3 aromatic heterocycles. The van der Waals surface area contributed by atoms with Crippen molar-refractivity contribution in [1.29, 1.82) is 0 Å². The number of fused-ring (bicyclic) bond motifs is 1. The SMILES string of the molecule is Cc1cc([C@H]2C[C@@H](c3cc(C4CCC(F)(F)CC4)c4nc(C)c(C)c(=O)n4n3)CCO2)ccn1. The second kappa shape index (κ2) is 8.80. The maximum absolute atomic E-state index is 13.9. The van der Waals surface area contributed by atoms with E-state index >= 15 is 0 Å². The summed E-state index contributed by atoms with van der Waals surface area (Å²) >= 11 is 0. The summed E-state index contributed by atoms with van der Waals surface area (Å²) in [5.41, 5.74) is 5.21. The molecule has 2 aliphatic rings. The summed E-state index contributed by atoms with van der Waals surface area (Å²) in [4.78, 5) is 22.1. The van der Waals surface area contributed by atoms with Crippen LogP contribution >= 0.6 is 0 Å². The Balaban J connectivity index is 1.56. The minimum atomic E-state index is -2.62. The van der Waals surface area contributed by atoms with Gasteiger partial charge in [0.05, 0.1) is 11.8 Å². The Labute approximate surface area is 197 Å². The van der Waals surface area contributed by atoms with Crippen molar-refractivity contribution in [2.24, 2.45) is 0 Å². The number of nitrogens with zero attached hydrogens (tertiary/aromatic N) is 4. The predicted molar refractivity (Wildman–Crippen MR) is 125 cm³/mol. The molecule has 34 heavy (non-hydrogen) atoms. The van der Waals surface area contributed by atoms with Gasteiger partial charge in [-0.2, -0.15) is 9.61 Å². The van der Waals surface area contributed by atoms with Crippen LogP contribution < -0.4 is 5.56 Å². The molecule has 180 valence electrons. The van der Waals surface area contributed by atoms with Gasteiger partial charge in [0.1, 0.15) is 0 Å². The lowest BCUT2D eigenvalue weighted by molar-refractivity contribution is -0.0382. The van der Waals surface area contributed by atoms with Crippen molar-refractivity contribution in [2.45, 2.75) is 83.2 Å². The molecule has 6 nitrogen and oxygen atoms in total. The number of aryl methyl sites for hydroxylation is 2. The van der Waals surface area contributed by atoms with Crippen molar-refractivity contribution in [1.82, 2.24) is 19.6 Å². The number of hydrogen-bond acceptors (Lipinski definition) is 5. The van der Waals surface area contributed by atoms with Crippen LogP contribution in [0.5, 0.6) is 0 Å². The number of ether oxygens (including phenoxy) is 1. The lowest BCUT2D eigenvalue weighted by Crippen LogP contribution is -2.28. The Morgan fingerprint density at radius 2 is 1.85 bits per heavy atom. The van der Waals surface area contributed by atoms with Crippen LogP contribution in [-0.2, 0) is 4.74 Å². The first kappa shape index (κ1) is 23.0. The highest BCUT2D eigenvalue weighted by atomic mass is 19.3. The van der Waals surface area contributed by atoms with E-state index in [0.29, 0.717) is 36.4 Å². The van der Waals surface area contributed by atoms with Gasteiger partial charge in [0.25, 0.3) is 5.56 Å². The van der Waals surface area contributed by atoms with Crippen molar-refractivity contribution >= 4 is 5.65 Å². The van der Waals surface area contributed by atoms with Crippen LogP contribution in [0.2, 0.25) is 0 Å². The number of aromatic nitrogens is 4. The Bertz CT molecular complexity index is 1280. The zero-order chi connectivity index (χ0) is 24.0. The van der Waals surface area contributed by atoms with E-state index in [4.69, 9.17) is 9.84 Å². The van der Waals surface area contributed by atoms with Crippen LogP contribution in [0.1, 0.15) is 90.2 Å². The fraction of sp³-hybridized carbons (Fsp3) is 0.538. The van der Waals surface area contributed by atoms with Gasteiger partial charge in [0.15, 0.2) is 5.65 Å². The Morgan fingerprint density at radius 3 is 2.59 bits per heavy atom. The van der Waals surface area contributed by atoms with Gasteiger partial charge < -0.3 is 4.74 Å². The summed E-state index contributed by atoms with van der Waals surface area (Å²) < 4.78 is 35.2. The van der Waals surface area contributed by atoms with E-state index in [0.717, 1.165) is 35.4 Å². The Morgan fingerprint density at radius 1 is 1.09 bits per heavy atom. The largest absolute Gasteiger partial charge is 0.373 e. The van der Waals surface area contributed by atoms with E-state index in [1.54, 1.807) is 13.1 Å². The zero-order valence-corrected chi connectivity index (χ0v) is 19.9. The molecule has 2 atom stereocenters. The normalized spacial score (nSPS) is 23.3. The maximum Gasteiger partial charge on any atom is 0.277 e. The van der Waals surface area contributed by atoms with Crippen molar-refractivity contribution in [3.8, 4) is 0 Å². The molecule has 0 radical (unpaired) electrons. The molecular weight excluding hydrogens is 438 g/mol. The van der Waals surface area contributed by atoms with Gasteiger partial charge in [-0.15, -0.1) is 0 Å². The fourth-order valence-electron chi connectivity index (χ4n) is 5.26. The molecule has 5 rings (SSSR count). The van der Waals surface area contributed by atoms with Crippen LogP contribution in [0.25, 0.3) is 5.65 Å². The molecule has 0 N–H and O–H groups in total. The van der Waals surface area contributed by atoms with Crippen molar-refractivity contribution in [2.75, 3.05) is 6.61 Å². The highest BCUT2D eigenvalue weighted by Crippen LogP contribution is 2.43. The summed E-state index contributed by atoms with van der Waals surface area (Å²) in [5.74, 6) is -2.59. The molecular formula is C26H30F2N4O2. The minimum absolute atomic E-state index is 0.0659. The van der Waals surface area contributed by atoms with E-state index in [-0.39, 0.29) is 36.3 Å². The number of alkyl halides is 2. The molecule has 1 saturated heterocycles. The zero-order valence-electron chi connectivity index (χ0n) is 19.9. The number of halogens is 2. The number of hydrogen-bond donors (Lipinski definition) is 0. The molecule has 1 aliphatic carbocycles. The second-order valence-electron chi connectivity index (χ2n) is 9.83. The van der Waals surface area contributed by atoms with Crippen molar-refractivity contribution in [3.63, 3.8) is 0 Å². The molecule has 0 unspecified atom stereocenters. The molecule has 0 bridgehead atoms. The molecule has 0 aromatic carbocycles. The molecule has 3 aromatic rings. The van der Waals surface area contributed by atoms with Gasteiger partial charge in [-0.3, -0.25) is 9.78 Å². The number of rotatable bonds is 3. The van der Waals surface area contributed by atoms with E-state index in [9.17, 15) is 13.6 Å². The first-order chi connectivity index (χ1) is 16.2. The summed E-state index contributed by atoms with van der Waals surface area (Å²) in [7, 11) is 0. The van der Waals surface area contributed by atoms with Gasteiger partial charge in [-0.05, 0) is 76.1 Å². The quantitative estimate of drug-likeness (QED) is 0.519. The Hall–Kier alpha value is -2.74. The first-order valence-corrected chi connectivity index (χ1v) is 12.0. The molecule has 2 fully saturated rings. The summed E-state index contributed by atoms with van der Waals surface area (Å²) in [6.45, 7) is 6.10. The molecule has 0 amide bonds. The number of pyridine rings is 1. The van der Waals surface area contributed by atoms with Crippen LogP contribution in [0.4, 0.5) is 8.78 Å². The van der Waals surface area contributed by atoms with Crippen LogP contribution in [-0.4, -0.2) is 32.1 Å². The average molecular weight is 469 g/mol. The van der Waals surface area contributed by atoms with Crippen molar-refractivity contribution in [3.05, 3.63) is 68.5 Å². The van der Waals surface area contributed by atoms with E-state index < -0.39 is 5.92 Å².